The van der Waals surface area contributed by atoms with Gasteiger partial charge in [0, 0.05) is 35.7 Å². The van der Waals surface area contributed by atoms with Gasteiger partial charge in [0.2, 0.25) is 10.0 Å². The zero-order valence-corrected chi connectivity index (χ0v) is 23.8. The maximum Gasteiger partial charge on any atom is 0.268 e. The summed E-state index contributed by atoms with van der Waals surface area (Å²) in [5.74, 6) is -0.213. The number of carbonyl (C=O) groups excluding carboxylic acids is 1. The summed E-state index contributed by atoms with van der Waals surface area (Å²) >= 11 is 0. The highest BCUT2D eigenvalue weighted by molar-refractivity contribution is 7.90. The van der Waals surface area contributed by atoms with E-state index in [9.17, 15) is 21.6 Å². The Morgan fingerprint density at radius 1 is 0.821 bits per heavy atom. The monoisotopic (exact) mass is 564 g/mol. The number of fused-ring (bicyclic) bond motifs is 1. The molecular weight excluding hydrogens is 532 g/mol. The van der Waals surface area contributed by atoms with Gasteiger partial charge in [-0.25, -0.2) is 20.8 Å². The van der Waals surface area contributed by atoms with Gasteiger partial charge in [0.1, 0.15) is 0 Å². The highest BCUT2D eigenvalue weighted by Gasteiger charge is 2.44. The van der Waals surface area contributed by atoms with Crippen LogP contribution in [0.4, 0.5) is 0 Å². The molecular formula is C30H32N2O5S2. The molecule has 1 saturated heterocycles. The van der Waals surface area contributed by atoms with Crippen molar-refractivity contribution < 1.29 is 21.6 Å². The highest BCUT2D eigenvalue weighted by Crippen LogP contribution is 2.37. The molecule has 0 amide bonds. The van der Waals surface area contributed by atoms with Crippen LogP contribution in [0.5, 0.6) is 0 Å². The van der Waals surface area contributed by atoms with E-state index < -0.39 is 26.1 Å². The van der Waals surface area contributed by atoms with Crippen molar-refractivity contribution >= 4 is 36.7 Å². The lowest BCUT2D eigenvalue weighted by Gasteiger charge is -2.31. The number of carbonyl (C=O) groups is 1. The number of aromatic nitrogens is 1. The van der Waals surface area contributed by atoms with Gasteiger partial charge in [-0.15, -0.1) is 0 Å². The first-order chi connectivity index (χ1) is 18.5. The maximum absolute atomic E-state index is 13.8. The summed E-state index contributed by atoms with van der Waals surface area (Å²) in [6.45, 7) is 5.89. The molecule has 204 valence electrons. The number of para-hydroxylation sites is 1. The van der Waals surface area contributed by atoms with E-state index in [1.54, 1.807) is 66.7 Å². The number of nitrogens with zero attached hydrogens (tertiary/aromatic N) is 2. The average Bonchev–Trinajstić information content (AvgIpc) is 3.52. The summed E-state index contributed by atoms with van der Waals surface area (Å²) in [5.41, 5.74) is 1.63. The van der Waals surface area contributed by atoms with Gasteiger partial charge in [-0.1, -0.05) is 67.9 Å². The Bertz CT molecular complexity index is 1730. The summed E-state index contributed by atoms with van der Waals surface area (Å²) < 4.78 is 57.3. The molecule has 2 atom stereocenters. The van der Waals surface area contributed by atoms with Gasteiger partial charge in [0.25, 0.3) is 10.0 Å². The fraction of sp³-hybridized carbons (Fsp3) is 0.300. The van der Waals surface area contributed by atoms with Crippen LogP contribution < -0.4 is 0 Å². The first kappa shape index (κ1) is 27.3. The molecule has 0 saturated carbocycles. The van der Waals surface area contributed by atoms with Crippen molar-refractivity contribution in [3.63, 3.8) is 0 Å². The van der Waals surface area contributed by atoms with Crippen LogP contribution in [-0.4, -0.2) is 43.0 Å². The van der Waals surface area contributed by atoms with Gasteiger partial charge in [-0.2, -0.15) is 4.31 Å². The van der Waals surface area contributed by atoms with E-state index in [0.717, 1.165) is 9.54 Å². The molecule has 0 unspecified atom stereocenters. The molecule has 4 aromatic rings. The van der Waals surface area contributed by atoms with Crippen LogP contribution in [0.1, 0.15) is 49.0 Å². The minimum Gasteiger partial charge on any atom is -0.294 e. The van der Waals surface area contributed by atoms with Crippen LogP contribution in [0.25, 0.3) is 10.9 Å². The van der Waals surface area contributed by atoms with Crippen molar-refractivity contribution in [2.24, 2.45) is 5.92 Å². The third-order valence-electron chi connectivity index (χ3n) is 7.55. The zero-order chi connectivity index (χ0) is 27.9. The van der Waals surface area contributed by atoms with Crippen molar-refractivity contribution in [1.29, 1.82) is 0 Å². The summed E-state index contributed by atoms with van der Waals surface area (Å²) in [4.78, 5) is 14.1. The second-order valence-corrected chi connectivity index (χ2v) is 14.1. The summed E-state index contributed by atoms with van der Waals surface area (Å²) in [5, 5.41) is 0.522. The first-order valence-electron chi connectivity index (χ1n) is 13.1. The lowest BCUT2D eigenvalue weighted by molar-refractivity contribution is 0.0956. The number of aryl methyl sites for hydroxylation is 1. The zero-order valence-electron chi connectivity index (χ0n) is 22.2. The molecule has 9 heteroatoms. The first-order valence-corrected chi connectivity index (χ1v) is 15.9. The van der Waals surface area contributed by atoms with E-state index in [1.165, 1.54) is 22.6 Å². The number of hydrogen-bond acceptors (Lipinski definition) is 5. The van der Waals surface area contributed by atoms with Crippen LogP contribution in [0.2, 0.25) is 0 Å². The minimum atomic E-state index is -3.94. The van der Waals surface area contributed by atoms with Gasteiger partial charge in [0.15, 0.2) is 5.78 Å². The number of benzene rings is 3. The maximum atomic E-state index is 13.8. The molecule has 1 fully saturated rings. The smallest absolute Gasteiger partial charge is 0.268 e. The summed E-state index contributed by atoms with van der Waals surface area (Å²) in [6.07, 6.45) is 2.56. The van der Waals surface area contributed by atoms with Crippen molar-refractivity contribution in [3.8, 4) is 0 Å². The second-order valence-electron chi connectivity index (χ2n) is 10.5. The van der Waals surface area contributed by atoms with Gasteiger partial charge in [-0.3, -0.25) is 4.79 Å². The number of Topliss-reactive ketones (excluding diaryl/α,β-unsaturated/α-hetero) is 1. The quantitative estimate of drug-likeness (QED) is 0.258. The Morgan fingerprint density at radius 3 is 2.10 bits per heavy atom. The van der Waals surface area contributed by atoms with Gasteiger partial charge in [-0.05, 0) is 56.0 Å². The molecule has 39 heavy (non-hydrogen) atoms. The van der Waals surface area contributed by atoms with E-state index in [1.807, 2.05) is 20.8 Å². The third-order valence-corrected chi connectivity index (χ3v) is 11.2. The van der Waals surface area contributed by atoms with E-state index in [4.69, 9.17) is 0 Å². The standard InChI is InChI=1S/C30H32N2O5S2/c1-21(2)28-18-15-23(32(28)39(36,37)25-16-13-22(3)14-17-25)19-30(33)27-20-31(29-12-8-7-11-26(27)29)38(34,35)24-9-5-4-6-10-24/h4-14,16-17,20-21,23,28H,15,18-19H2,1-3H3/t23-,28+/m0/s1. The Hall–Kier alpha value is -3.27. The molecule has 1 aliphatic rings. The van der Waals surface area contributed by atoms with Gasteiger partial charge < -0.3 is 0 Å². The number of hydrogen-bond donors (Lipinski definition) is 0. The normalized spacial score (nSPS) is 18.7. The van der Waals surface area contributed by atoms with Crippen molar-refractivity contribution in [1.82, 2.24) is 8.28 Å². The average molecular weight is 565 g/mol. The van der Waals surface area contributed by atoms with Crippen molar-refractivity contribution in [3.05, 3.63) is 96.2 Å². The molecule has 1 aromatic heterocycles. The fourth-order valence-corrected chi connectivity index (χ4v) is 8.91. The fourth-order valence-electron chi connectivity index (χ4n) is 5.52. The lowest BCUT2D eigenvalue weighted by atomic mass is 10.0. The predicted molar refractivity (Wildman–Crippen MR) is 152 cm³/mol. The molecule has 1 aliphatic heterocycles. The molecule has 0 radical (unpaired) electrons. The lowest BCUT2D eigenvalue weighted by Crippen LogP contribution is -2.44. The molecule has 3 aromatic carbocycles. The summed E-state index contributed by atoms with van der Waals surface area (Å²) in [6, 6.07) is 21.0. The van der Waals surface area contributed by atoms with E-state index >= 15 is 0 Å². The van der Waals surface area contributed by atoms with E-state index in [-0.39, 0.29) is 39.5 Å². The Balaban J connectivity index is 1.53. The molecule has 0 spiro atoms. The van der Waals surface area contributed by atoms with E-state index in [0.29, 0.717) is 23.7 Å². The second kappa shape index (κ2) is 10.4. The largest absolute Gasteiger partial charge is 0.294 e. The Labute approximate surface area is 230 Å². The van der Waals surface area contributed by atoms with Gasteiger partial charge in [0.05, 0.1) is 15.3 Å². The van der Waals surface area contributed by atoms with E-state index in [2.05, 4.69) is 0 Å². The topological polar surface area (TPSA) is 93.5 Å². The number of rotatable bonds is 8. The highest BCUT2D eigenvalue weighted by atomic mass is 32.2. The summed E-state index contributed by atoms with van der Waals surface area (Å²) in [7, 11) is -7.78. The van der Waals surface area contributed by atoms with Gasteiger partial charge >= 0.3 is 0 Å². The molecule has 0 N–H and O–H groups in total. The Kier molecular flexibility index (Phi) is 7.26. The van der Waals surface area contributed by atoms with Crippen molar-refractivity contribution in [2.75, 3.05) is 0 Å². The number of ketones is 1. The van der Waals surface area contributed by atoms with Crippen LogP contribution in [0, 0.1) is 12.8 Å². The van der Waals surface area contributed by atoms with Crippen LogP contribution >= 0.6 is 0 Å². The van der Waals surface area contributed by atoms with Crippen LogP contribution in [0.15, 0.2) is 94.9 Å². The molecule has 0 bridgehead atoms. The van der Waals surface area contributed by atoms with Crippen LogP contribution in [0.3, 0.4) is 0 Å². The SMILES string of the molecule is Cc1ccc(S(=O)(=O)N2[C@H](CC(=O)c3cn(S(=O)(=O)c4ccccc4)c4ccccc34)CC[C@@H]2C(C)C)cc1. The molecule has 0 aliphatic carbocycles. The van der Waals surface area contributed by atoms with Crippen LogP contribution in [-0.2, 0) is 20.0 Å². The number of sulfonamides is 1. The Morgan fingerprint density at radius 2 is 1.44 bits per heavy atom. The third kappa shape index (κ3) is 4.95. The predicted octanol–water partition coefficient (Wildman–Crippen LogP) is 5.64. The minimum absolute atomic E-state index is 0.0340. The molecule has 2 heterocycles. The van der Waals surface area contributed by atoms with Crippen molar-refractivity contribution in [2.45, 2.75) is 61.9 Å². The molecule has 7 nitrogen and oxygen atoms in total. The molecule has 5 rings (SSSR count).